The molecule has 1 aliphatic rings. The van der Waals surface area contributed by atoms with Gasteiger partial charge in [0.1, 0.15) is 17.7 Å². The highest BCUT2D eigenvalue weighted by Crippen LogP contribution is 2.35. The maximum atomic E-state index is 13.1. The summed E-state index contributed by atoms with van der Waals surface area (Å²) in [5.74, 6) is 0.688. The fraction of sp³-hybridized carbons (Fsp3) is 0.538. The van der Waals surface area contributed by atoms with Crippen LogP contribution in [0.25, 0.3) is 0 Å². The first-order valence-electron chi connectivity index (χ1n) is 5.82. The van der Waals surface area contributed by atoms with E-state index < -0.39 is 0 Å². The van der Waals surface area contributed by atoms with Gasteiger partial charge in [0.2, 0.25) is 0 Å². The van der Waals surface area contributed by atoms with Gasteiger partial charge in [-0.15, -0.1) is 0 Å². The highest BCUT2D eigenvalue weighted by Gasteiger charge is 2.29. The topological polar surface area (TPSA) is 44.5 Å². The number of benzene rings is 1. The largest absolute Gasteiger partial charge is 0.490 e. The molecule has 3 atom stereocenters. The first-order valence-corrected chi connectivity index (χ1v) is 5.82. The molecule has 1 aromatic carbocycles. The van der Waals surface area contributed by atoms with Gasteiger partial charge in [-0.3, -0.25) is 0 Å². The summed E-state index contributed by atoms with van der Waals surface area (Å²) in [5.41, 5.74) is 6.81. The van der Waals surface area contributed by atoms with E-state index in [1.807, 2.05) is 0 Å². The fourth-order valence-corrected chi connectivity index (χ4v) is 2.22. The van der Waals surface area contributed by atoms with Crippen LogP contribution in [0, 0.1) is 11.7 Å². The van der Waals surface area contributed by atoms with Crippen molar-refractivity contribution in [1.82, 2.24) is 0 Å². The summed E-state index contributed by atoms with van der Waals surface area (Å²) in [6.45, 7) is 2.70. The van der Waals surface area contributed by atoms with Crippen LogP contribution in [0.5, 0.6) is 5.75 Å². The number of halogens is 1. The summed E-state index contributed by atoms with van der Waals surface area (Å²) >= 11 is 0. The Hall–Kier alpha value is -1.13. The third kappa shape index (κ3) is 2.58. The molecule has 0 spiro atoms. The molecule has 1 heterocycles. The van der Waals surface area contributed by atoms with Crippen LogP contribution >= 0.6 is 0 Å². The Kier molecular flexibility index (Phi) is 3.64. The van der Waals surface area contributed by atoms with Gasteiger partial charge in [-0.1, -0.05) is 6.92 Å². The van der Waals surface area contributed by atoms with Crippen molar-refractivity contribution in [2.24, 2.45) is 11.7 Å². The first-order chi connectivity index (χ1) is 8.11. The molecule has 0 bridgehead atoms. The molecule has 2 rings (SSSR count). The minimum absolute atomic E-state index is 0.0305. The van der Waals surface area contributed by atoms with Crippen molar-refractivity contribution >= 4 is 0 Å². The highest BCUT2D eigenvalue weighted by atomic mass is 19.1. The summed E-state index contributed by atoms with van der Waals surface area (Å²) in [6.07, 6.45) is 0.726. The quantitative estimate of drug-likeness (QED) is 0.880. The molecular formula is C13H18FNO2. The number of fused-ring (bicyclic) bond motifs is 1. The van der Waals surface area contributed by atoms with Crippen molar-refractivity contribution in [2.45, 2.75) is 25.5 Å². The Balaban J connectivity index is 2.18. The number of rotatable bonds is 3. The number of nitrogens with two attached hydrogens (primary N) is 1. The highest BCUT2D eigenvalue weighted by molar-refractivity contribution is 5.38. The van der Waals surface area contributed by atoms with Gasteiger partial charge >= 0.3 is 0 Å². The second-order valence-corrected chi connectivity index (χ2v) is 4.61. The van der Waals surface area contributed by atoms with E-state index in [1.54, 1.807) is 13.2 Å². The summed E-state index contributed by atoms with van der Waals surface area (Å²) in [4.78, 5) is 0. The Labute approximate surface area is 101 Å². The SMILES string of the molecule is COCC(C)C1CC(N)c2cc(F)ccc2O1. The van der Waals surface area contributed by atoms with Crippen LogP contribution in [0.2, 0.25) is 0 Å². The molecule has 0 radical (unpaired) electrons. The van der Waals surface area contributed by atoms with Crippen LogP contribution in [0.3, 0.4) is 0 Å². The summed E-state index contributed by atoms with van der Waals surface area (Å²) < 4.78 is 24.1. The zero-order chi connectivity index (χ0) is 12.4. The Bertz CT molecular complexity index is 397. The van der Waals surface area contributed by atoms with Crippen molar-refractivity contribution < 1.29 is 13.9 Å². The first kappa shape index (κ1) is 12.3. The van der Waals surface area contributed by atoms with Crippen molar-refractivity contribution in [1.29, 1.82) is 0 Å². The number of ether oxygens (including phenoxy) is 2. The molecule has 0 saturated heterocycles. The Morgan fingerprint density at radius 3 is 3.06 bits per heavy atom. The summed E-state index contributed by atoms with van der Waals surface area (Å²) in [5, 5.41) is 0. The molecule has 3 unspecified atom stereocenters. The zero-order valence-corrected chi connectivity index (χ0v) is 10.2. The van der Waals surface area contributed by atoms with Gasteiger partial charge < -0.3 is 15.2 Å². The predicted molar refractivity (Wildman–Crippen MR) is 63.4 cm³/mol. The van der Waals surface area contributed by atoms with Crippen molar-refractivity contribution in [2.75, 3.05) is 13.7 Å². The number of methoxy groups -OCH3 is 1. The Morgan fingerprint density at radius 2 is 2.35 bits per heavy atom. The lowest BCUT2D eigenvalue weighted by Gasteiger charge is -2.33. The zero-order valence-electron chi connectivity index (χ0n) is 10.2. The maximum Gasteiger partial charge on any atom is 0.124 e. The van der Waals surface area contributed by atoms with Gasteiger partial charge in [0.15, 0.2) is 0 Å². The molecule has 0 aliphatic carbocycles. The molecule has 0 amide bonds. The monoisotopic (exact) mass is 239 g/mol. The molecule has 0 aromatic heterocycles. The van der Waals surface area contributed by atoms with E-state index in [2.05, 4.69) is 6.92 Å². The minimum atomic E-state index is -0.272. The lowest BCUT2D eigenvalue weighted by Crippen LogP contribution is -2.36. The van der Waals surface area contributed by atoms with Crippen molar-refractivity contribution in [3.8, 4) is 5.75 Å². The van der Waals surface area contributed by atoms with Crippen LogP contribution in [-0.2, 0) is 4.74 Å². The molecule has 1 aliphatic heterocycles. The molecule has 3 nitrogen and oxygen atoms in total. The molecule has 0 saturated carbocycles. The van der Waals surface area contributed by atoms with Gasteiger partial charge in [0.25, 0.3) is 0 Å². The minimum Gasteiger partial charge on any atom is -0.490 e. The molecule has 2 N–H and O–H groups in total. The smallest absolute Gasteiger partial charge is 0.124 e. The second-order valence-electron chi connectivity index (χ2n) is 4.61. The molecule has 0 fully saturated rings. The average molecular weight is 239 g/mol. The average Bonchev–Trinajstić information content (AvgIpc) is 2.30. The normalized spacial score (nSPS) is 24.9. The summed E-state index contributed by atoms with van der Waals surface area (Å²) in [7, 11) is 1.67. The van der Waals surface area contributed by atoms with Crippen LogP contribution in [0.1, 0.15) is 24.9 Å². The second kappa shape index (κ2) is 5.02. The van der Waals surface area contributed by atoms with Crippen molar-refractivity contribution in [3.63, 3.8) is 0 Å². The van der Waals surface area contributed by atoms with E-state index in [9.17, 15) is 4.39 Å². The standard InChI is InChI=1S/C13H18FNO2/c1-8(7-16-2)13-6-11(15)10-5-9(14)3-4-12(10)17-13/h3-5,8,11,13H,6-7,15H2,1-2H3. The number of hydrogen-bond donors (Lipinski definition) is 1. The van der Waals surface area contributed by atoms with E-state index in [0.29, 0.717) is 18.8 Å². The van der Waals surface area contributed by atoms with Crippen LogP contribution in [-0.4, -0.2) is 19.8 Å². The van der Waals surface area contributed by atoms with E-state index in [1.165, 1.54) is 12.1 Å². The molecule has 1 aromatic rings. The predicted octanol–water partition coefficient (Wildman–Crippen LogP) is 2.26. The van der Waals surface area contributed by atoms with Gasteiger partial charge in [-0.05, 0) is 18.2 Å². The van der Waals surface area contributed by atoms with E-state index in [0.717, 1.165) is 5.56 Å². The van der Waals surface area contributed by atoms with Gasteiger partial charge in [-0.2, -0.15) is 0 Å². The third-order valence-corrected chi connectivity index (χ3v) is 3.20. The third-order valence-electron chi connectivity index (χ3n) is 3.20. The maximum absolute atomic E-state index is 13.1. The van der Waals surface area contributed by atoms with E-state index in [4.69, 9.17) is 15.2 Å². The number of hydrogen-bond acceptors (Lipinski definition) is 3. The van der Waals surface area contributed by atoms with Gasteiger partial charge in [0, 0.05) is 31.1 Å². The molecule has 4 heteroatoms. The van der Waals surface area contributed by atoms with Crippen LogP contribution in [0.4, 0.5) is 4.39 Å². The lowest BCUT2D eigenvalue weighted by atomic mass is 9.91. The molecule has 17 heavy (non-hydrogen) atoms. The fourth-order valence-electron chi connectivity index (χ4n) is 2.22. The lowest BCUT2D eigenvalue weighted by molar-refractivity contribution is 0.0537. The van der Waals surface area contributed by atoms with Gasteiger partial charge in [0.05, 0.1) is 6.61 Å². The van der Waals surface area contributed by atoms with Gasteiger partial charge in [-0.25, -0.2) is 4.39 Å². The van der Waals surface area contributed by atoms with E-state index in [-0.39, 0.29) is 23.9 Å². The summed E-state index contributed by atoms with van der Waals surface area (Å²) in [6, 6.07) is 4.33. The Morgan fingerprint density at radius 1 is 1.59 bits per heavy atom. The molecule has 94 valence electrons. The van der Waals surface area contributed by atoms with Crippen LogP contribution < -0.4 is 10.5 Å². The van der Waals surface area contributed by atoms with E-state index >= 15 is 0 Å². The van der Waals surface area contributed by atoms with Crippen molar-refractivity contribution in [3.05, 3.63) is 29.6 Å². The van der Waals surface area contributed by atoms with Crippen LogP contribution in [0.15, 0.2) is 18.2 Å². The molecular weight excluding hydrogens is 221 g/mol.